The van der Waals surface area contributed by atoms with E-state index in [0.29, 0.717) is 11.3 Å². The molecular formula is C24H30N2OS. The van der Waals surface area contributed by atoms with E-state index in [4.69, 9.17) is 4.74 Å². The monoisotopic (exact) mass is 394 g/mol. The molecule has 148 valence electrons. The van der Waals surface area contributed by atoms with E-state index < -0.39 is 0 Å². The standard InChI is InChI=1S/C24H30N2OS/c1-6-16(2)27-19-10-7-17(8-11-19)15-26-23-21(14-25)20-12-9-18(24(3,4)5)13-22(20)28-23/h7-8,10-11,15-16,18H,6,9,12-13H2,1-5H3/t16-,18+/m1/s1. The molecular weight excluding hydrogens is 364 g/mol. The second kappa shape index (κ2) is 8.49. The number of benzene rings is 1. The van der Waals surface area contributed by atoms with E-state index in [-0.39, 0.29) is 6.10 Å². The molecule has 2 aromatic rings. The first kappa shape index (κ1) is 20.6. The minimum atomic E-state index is 0.215. The third-order valence-corrected chi connectivity index (χ3v) is 6.87. The summed E-state index contributed by atoms with van der Waals surface area (Å²) in [5, 5.41) is 10.5. The summed E-state index contributed by atoms with van der Waals surface area (Å²) in [7, 11) is 0. The van der Waals surface area contributed by atoms with Crippen molar-refractivity contribution in [3.05, 3.63) is 45.8 Å². The first-order chi connectivity index (χ1) is 13.3. The van der Waals surface area contributed by atoms with Crippen molar-refractivity contribution in [3.63, 3.8) is 0 Å². The summed E-state index contributed by atoms with van der Waals surface area (Å²) < 4.78 is 5.82. The van der Waals surface area contributed by atoms with Crippen LogP contribution in [0.3, 0.4) is 0 Å². The smallest absolute Gasteiger partial charge is 0.134 e. The fraction of sp³-hybridized carbons (Fsp3) is 0.500. The first-order valence-electron chi connectivity index (χ1n) is 10.2. The van der Waals surface area contributed by atoms with Gasteiger partial charge in [0.1, 0.15) is 16.8 Å². The van der Waals surface area contributed by atoms with Crippen LogP contribution < -0.4 is 4.74 Å². The molecule has 2 atom stereocenters. The van der Waals surface area contributed by atoms with E-state index >= 15 is 0 Å². The van der Waals surface area contributed by atoms with Crippen LogP contribution in [0.2, 0.25) is 0 Å². The van der Waals surface area contributed by atoms with Crippen LogP contribution >= 0.6 is 11.3 Å². The highest BCUT2D eigenvalue weighted by Crippen LogP contribution is 2.44. The minimum Gasteiger partial charge on any atom is -0.491 e. The van der Waals surface area contributed by atoms with Crippen LogP contribution in [0, 0.1) is 22.7 Å². The van der Waals surface area contributed by atoms with E-state index in [1.807, 2.05) is 30.5 Å². The molecule has 1 aliphatic carbocycles. The van der Waals surface area contributed by atoms with E-state index in [2.05, 4.69) is 45.7 Å². The van der Waals surface area contributed by atoms with Gasteiger partial charge in [0, 0.05) is 11.1 Å². The van der Waals surface area contributed by atoms with Gasteiger partial charge >= 0.3 is 0 Å². The maximum absolute atomic E-state index is 9.70. The van der Waals surface area contributed by atoms with Crippen molar-refractivity contribution < 1.29 is 4.74 Å². The van der Waals surface area contributed by atoms with E-state index in [1.165, 1.54) is 10.4 Å². The predicted molar refractivity (Wildman–Crippen MR) is 118 cm³/mol. The third-order valence-electron chi connectivity index (χ3n) is 5.71. The summed E-state index contributed by atoms with van der Waals surface area (Å²) in [4.78, 5) is 6.03. The Bertz CT molecular complexity index is 881. The molecule has 4 heteroatoms. The van der Waals surface area contributed by atoms with Gasteiger partial charge in [-0.25, -0.2) is 4.99 Å². The Balaban J connectivity index is 1.78. The highest BCUT2D eigenvalue weighted by molar-refractivity contribution is 7.16. The van der Waals surface area contributed by atoms with Gasteiger partial charge in [0.05, 0.1) is 11.7 Å². The lowest BCUT2D eigenvalue weighted by molar-refractivity contribution is 0.217. The molecule has 3 nitrogen and oxygen atoms in total. The first-order valence-corrected chi connectivity index (χ1v) is 11.0. The number of fused-ring (bicyclic) bond motifs is 1. The van der Waals surface area contributed by atoms with Gasteiger partial charge in [0.15, 0.2) is 0 Å². The molecule has 0 aliphatic heterocycles. The normalized spacial score (nSPS) is 17.9. The van der Waals surface area contributed by atoms with Gasteiger partial charge in [-0.2, -0.15) is 5.26 Å². The number of hydrogen-bond acceptors (Lipinski definition) is 4. The highest BCUT2D eigenvalue weighted by Gasteiger charge is 2.32. The Morgan fingerprint density at radius 1 is 1.32 bits per heavy atom. The third kappa shape index (κ3) is 4.64. The molecule has 0 radical (unpaired) electrons. The van der Waals surface area contributed by atoms with E-state index in [1.54, 1.807) is 11.3 Å². The van der Waals surface area contributed by atoms with E-state index in [0.717, 1.165) is 47.6 Å². The number of nitrogens with zero attached hydrogens (tertiary/aromatic N) is 2. The van der Waals surface area contributed by atoms with Crippen LogP contribution in [0.15, 0.2) is 29.3 Å². The summed E-state index contributed by atoms with van der Waals surface area (Å²) in [6, 6.07) is 10.4. The fourth-order valence-electron chi connectivity index (χ4n) is 3.60. The lowest BCUT2D eigenvalue weighted by Crippen LogP contribution is -2.26. The number of hydrogen-bond donors (Lipinski definition) is 0. The molecule has 0 saturated carbocycles. The van der Waals surface area contributed by atoms with Gasteiger partial charge in [0.25, 0.3) is 0 Å². The second-order valence-corrected chi connectivity index (χ2v) is 9.85. The molecule has 0 bridgehead atoms. The van der Waals surface area contributed by atoms with Crippen LogP contribution in [0.4, 0.5) is 5.00 Å². The highest BCUT2D eigenvalue weighted by atomic mass is 32.1. The molecule has 0 amide bonds. The van der Waals surface area contributed by atoms with Crippen LogP contribution in [0.1, 0.15) is 69.0 Å². The fourth-order valence-corrected chi connectivity index (χ4v) is 4.82. The molecule has 0 spiro atoms. The number of ether oxygens (including phenoxy) is 1. The van der Waals surface area contributed by atoms with Crippen LogP contribution in [0.25, 0.3) is 0 Å². The Hall–Kier alpha value is -2.12. The lowest BCUT2D eigenvalue weighted by Gasteiger charge is -2.33. The Morgan fingerprint density at radius 3 is 2.64 bits per heavy atom. The molecule has 0 unspecified atom stereocenters. The lowest BCUT2D eigenvalue weighted by atomic mass is 9.72. The summed E-state index contributed by atoms with van der Waals surface area (Å²) >= 11 is 1.70. The zero-order chi connectivity index (χ0) is 20.3. The SMILES string of the molecule is CC[C@@H](C)Oc1ccc(C=Nc2sc3c(c2C#N)CC[C@H](C(C)(C)C)C3)cc1. The Labute approximate surface area is 173 Å². The van der Waals surface area contributed by atoms with Crippen molar-refractivity contribution in [3.8, 4) is 11.8 Å². The van der Waals surface area contributed by atoms with Crippen molar-refractivity contribution in [2.45, 2.75) is 66.4 Å². The molecule has 1 heterocycles. The Kier molecular flexibility index (Phi) is 6.25. The zero-order valence-corrected chi connectivity index (χ0v) is 18.4. The second-order valence-electron chi connectivity index (χ2n) is 8.77. The quantitative estimate of drug-likeness (QED) is 0.530. The Morgan fingerprint density at radius 2 is 2.04 bits per heavy atom. The van der Waals surface area contributed by atoms with Crippen LogP contribution in [-0.4, -0.2) is 12.3 Å². The summed E-state index contributed by atoms with van der Waals surface area (Å²) in [5.41, 5.74) is 3.33. The molecule has 1 aliphatic rings. The van der Waals surface area contributed by atoms with Crippen molar-refractivity contribution in [2.75, 3.05) is 0 Å². The average molecular weight is 395 g/mol. The van der Waals surface area contributed by atoms with Gasteiger partial charge in [-0.15, -0.1) is 11.3 Å². The predicted octanol–water partition coefficient (Wildman–Crippen LogP) is 6.70. The van der Waals surface area contributed by atoms with Gasteiger partial charge in [0.2, 0.25) is 0 Å². The molecule has 0 N–H and O–H groups in total. The van der Waals surface area contributed by atoms with Crippen molar-refractivity contribution in [2.24, 2.45) is 16.3 Å². The molecule has 28 heavy (non-hydrogen) atoms. The number of aliphatic imine (C=N–C) groups is 1. The van der Waals surface area contributed by atoms with Crippen LogP contribution in [-0.2, 0) is 12.8 Å². The maximum Gasteiger partial charge on any atom is 0.134 e. The molecule has 3 rings (SSSR count). The van der Waals surface area contributed by atoms with E-state index in [9.17, 15) is 5.26 Å². The molecule has 1 aromatic carbocycles. The number of rotatable bonds is 5. The summed E-state index contributed by atoms with van der Waals surface area (Å²) in [6.45, 7) is 11.1. The maximum atomic E-state index is 9.70. The van der Waals surface area contributed by atoms with Crippen molar-refractivity contribution in [1.29, 1.82) is 5.26 Å². The van der Waals surface area contributed by atoms with Gasteiger partial charge in [-0.05, 0) is 79.3 Å². The van der Waals surface area contributed by atoms with Crippen LogP contribution in [0.5, 0.6) is 5.75 Å². The topological polar surface area (TPSA) is 45.4 Å². The number of thiophene rings is 1. The summed E-state index contributed by atoms with van der Waals surface area (Å²) in [6.07, 6.45) is 6.27. The largest absolute Gasteiger partial charge is 0.491 e. The zero-order valence-electron chi connectivity index (χ0n) is 17.6. The molecule has 0 saturated heterocycles. The van der Waals surface area contributed by atoms with Gasteiger partial charge < -0.3 is 4.74 Å². The van der Waals surface area contributed by atoms with Crippen molar-refractivity contribution in [1.82, 2.24) is 0 Å². The van der Waals surface area contributed by atoms with Gasteiger partial charge in [-0.1, -0.05) is 27.7 Å². The minimum absolute atomic E-state index is 0.215. The number of nitriles is 1. The van der Waals surface area contributed by atoms with Crippen molar-refractivity contribution >= 4 is 22.6 Å². The molecule has 1 aromatic heterocycles. The average Bonchev–Trinajstić information content (AvgIpc) is 3.03. The molecule has 0 fully saturated rings. The summed E-state index contributed by atoms with van der Waals surface area (Å²) in [5.74, 6) is 1.55. The van der Waals surface area contributed by atoms with Gasteiger partial charge in [-0.3, -0.25) is 0 Å².